The molecule has 0 aliphatic carbocycles. The molecule has 0 bridgehead atoms. The molecule has 1 unspecified atom stereocenters. The molecule has 2 aromatic rings. The topological polar surface area (TPSA) is 64.1 Å². The van der Waals surface area contributed by atoms with Gasteiger partial charge in [0.25, 0.3) is 0 Å². The fourth-order valence-corrected chi connectivity index (χ4v) is 2.16. The number of nitrogen functional groups attached to an aromatic ring is 1. The maximum absolute atomic E-state index is 5.65. The van der Waals surface area contributed by atoms with E-state index in [1.165, 1.54) is 0 Å². The Kier molecular flexibility index (Phi) is 4.25. The molecule has 5 heteroatoms. The summed E-state index contributed by atoms with van der Waals surface area (Å²) in [4.78, 5) is 4.26. The molecule has 0 fully saturated rings. The highest BCUT2D eigenvalue weighted by Gasteiger charge is 2.07. The molecule has 0 aliphatic rings. The summed E-state index contributed by atoms with van der Waals surface area (Å²) in [5.74, 6) is 1.82. The van der Waals surface area contributed by atoms with E-state index >= 15 is 0 Å². The zero-order valence-corrected chi connectivity index (χ0v) is 11.8. The van der Waals surface area contributed by atoms with Crippen LogP contribution in [0.25, 0.3) is 0 Å². The summed E-state index contributed by atoms with van der Waals surface area (Å²) in [6.07, 6.45) is 5.23. The lowest BCUT2D eigenvalue weighted by Crippen LogP contribution is -2.17. The summed E-state index contributed by atoms with van der Waals surface area (Å²) in [5, 5.41) is 3.34. The lowest BCUT2D eigenvalue weighted by molar-refractivity contribution is 0.495. The summed E-state index contributed by atoms with van der Waals surface area (Å²) >= 11 is 3.44. The number of hydrogen-bond acceptors (Lipinski definition) is 4. The molecule has 0 radical (unpaired) electrons. The van der Waals surface area contributed by atoms with Crippen LogP contribution >= 0.6 is 15.9 Å². The number of nitrogens with two attached hydrogens (primary N) is 1. The SMILES string of the molecule is CC(CCc1ccco1)Nc1ncc(N)cc1Br. The number of nitrogens with zero attached hydrogens (tertiary/aromatic N) is 1. The third kappa shape index (κ3) is 3.50. The van der Waals surface area contributed by atoms with E-state index in [0.717, 1.165) is 28.9 Å². The van der Waals surface area contributed by atoms with Gasteiger partial charge < -0.3 is 15.5 Å². The summed E-state index contributed by atoms with van der Waals surface area (Å²) in [5.41, 5.74) is 6.30. The molecule has 0 saturated heterocycles. The quantitative estimate of drug-likeness (QED) is 0.888. The molecule has 0 aromatic carbocycles. The van der Waals surface area contributed by atoms with Crippen LogP contribution in [0.2, 0.25) is 0 Å². The largest absolute Gasteiger partial charge is 0.469 e. The molecular formula is C13H16BrN3O. The number of aryl methyl sites for hydroxylation is 1. The number of anilines is 2. The van der Waals surface area contributed by atoms with E-state index in [2.05, 4.69) is 33.2 Å². The highest BCUT2D eigenvalue weighted by molar-refractivity contribution is 9.10. The van der Waals surface area contributed by atoms with Crippen molar-refractivity contribution in [3.63, 3.8) is 0 Å². The van der Waals surface area contributed by atoms with Crippen molar-refractivity contribution in [3.8, 4) is 0 Å². The summed E-state index contributed by atoms with van der Waals surface area (Å²) < 4.78 is 6.19. The van der Waals surface area contributed by atoms with Gasteiger partial charge in [-0.3, -0.25) is 0 Å². The maximum Gasteiger partial charge on any atom is 0.140 e. The molecule has 0 saturated carbocycles. The Morgan fingerprint density at radius 2 is 2.39 bits per heavy atom. The molecule has 1 atom stereocenters. The number of nitrogens with one attached hydrogen (secondary N) is 1. The van der Waals surface area contributed by atoms with Crippen LogP contribution in [0.3, 0.4) is 0 Å². The van der Waals surface area contributed by atoms with E-state index < -0.39 is 0 Å². The number of furan rings is 1. The van der Waals surface area contributed by atoms with E-state index in [9.17, 15) is 0 Å². The lowest BCUT2D eigenvalue weighted by Gasteiger charge is -2.15. The van der Waals surface area contributed by atoms with E-state index in [4.69, 9.17) is 10.2 Å². The van der Waals surface area contributed by atoms with Gasteiger partial charge in [-0.25, -0.2) is 4.98 Å². The summed E-state index contributed by atoms with van der Waals surface area (Å²) in [7, 11) is 0. The van der Waals surface area contributed by atoms with Gasteiger partial charge in [-0.05, 0) is 47.5 Å². The summed E-state index contributed by atoms with van der Waals surface area (Å²) in [6.45, 7) is 2.12. The van der Waals surface area contributed by atoms with Crippen LogP contribution < -0.4 is 11.1 Å². The minimum Gasteiger partial charge on any atom is -0.469 e. The third-order valence-electron chi connectivity index (χ3n) is 2.65. The van der Waals surface area contributed by atoms with Crippen LogP contribution in [0.4, 0.5) is 11.5 Å². The molecule has 2 aromatic heterocycles. The average molecular weight is 310 g/mol. The van der Waals surface area contributed by atoms with Crippen molar-refractivity contribution < 1.29 is 4.42 Å². The first-order chi connectivity index (χ1) is 8.65. The van der Waals surface area contributed by atoms with Crippen LogP contribution in [0.5, 0.6) is 0 Å². The second-order valence-electron chi connectivity index (χ2n) is 4.26. The number of pyridine rings is 1. The first-order valence-corrected chi connectivity index (χ1v) is 6.64. The van der Waals surface area contributed by atoms with Crippen molar-refractivity contribution in [1.82, 2.24) is 4.98 Å². The minimum atomic E-state index is 0.308. The Morgan fingerprint density at radius 1 is 1.56 bits per heavy atom. The molecule has 4 nitrogen and oxygen atoms in total. The van der Waals surface area contributed by atoms with Crippen molar-refractivity contribution in [2.45, 2.75) is 25.8 Å². The van der Waals surface area contributed by atoms with Crippen molar-refractivity contribution in [1.29, 1.82) is 0 Å². The van der Waals surface area contributed by atoms with Gasteiger partial charge in [0.1, 0.15) is 11.6 Å². The Morgan fingerprint density at radius 3 is 3.06 bits per heavy atom. The van der Waals surface area contributed by atoms with Crippen molar-refractivity contribution >= 4 is 27.4 Å². The van der Waals surface area contributed by atoms with Crippen LogP contribution in [0, 0.1) is 0 Å². The minimum absolute atomic E-state index is 0.308. The zero-order valence-electron chi connectivity index (χ0n) is 10.2. The fraction of sp³-hybridized carbons (Fsp3) is 0.308. The molecule has 2 rings (SSSR count). The standard InChI is InChI=1S/C13H16BrN3O/c1-9(4-5-11-3-2-6-18-11)17-13-12(14)7-10(15)8-16-13/h2-3,6-9H,4-5,15H2,1H3,(H,16,17). The molecule has 0 amide bonds. The second kappa shape index (κ2) is 5.91. The predicted octanol–water partition coefficient (Wildman–Crippen LogP) is 3.45. The second-order valence-corrected chi connectivity index (χ2v) is 5.12. The van der Waals surface area contributed by atoms with Crippen molar-refractivity contribution in [2.24, 2.45) is 0 Å². The molecule has 3 N–H and O–H groups in total. The molecule has 2 heterocycles. The van der Waals surface area contributed by atoms with Gasteiger partial charge in [0.2, 0.25) is 0 Å². The van der Waals surface area contributed by atoms with Gasteiger partial charge >= 0.3 is 0 Å². The normalized spacial score (nSPS) is 12.3. The van der Waals surface area contributed by atoms with E-state index in [0.29, 0.717) is 11.7 Å². The Labute approximate surface area is 115 Å². The number of halogens is 1. The number of hydrogen-bond donors (Lipinski definition) is 2. The van der Waals surface area contributed by atoms with Crippen molar-refractivity contribution in [3.05, 3.63) is 40.9 Å². The Hall–Kier alpha value is -1.49. The zero-order chi connectivity index (χ0) is 13.0. The highest BCUT2D eigenvalue weighted by Crippen LogP contribution is 2.23. The molecule has 0 aliphatic heterocycles. The van der Waals surface area contributed by atoms with E-state index in [1.807, 2.05) is 18.2 Å². The lowest BCUT2D eigenvalue weighted by atomic mass is 10.1. The maximum atomic E-state index is 5.65. The van der Waals surface area contributed by atoms with Gasteiger partial charge in [0.05, 0.1) is 22.6 Å². The highest BCUT2D eigenvalue weighted by atomic mass is 79.9. The average Bonchev–Trinajstić information content (AvgIpc) is 2.83. The first-order valence-electron chi connectivity index (χ1n) is 5.85. The fourth-order valence-electron chi connectivity index (χ4n) is 1.68. The van der Waals surface area contributed by atoms with E-state index in [-0.39, 0.29) is 0 Å². The van der Waals surface area contributed by atoms with Crippen LogP contribution in [-0.4, -0.2) is 11.0 Å². The Bertz CT molecular complexity index is 499. The van der Waals surface area contributed by atoms with Gasteiger partial charge in [0, 0.05) is 12.5 Å². The molecule has 96 valence electrons. The van der Waals surface area contributed by atoms with Gasteiger partial charge in [-0.2, -0.15) is 0 Å². The smallest absolute Gasteiger partial charge is 0.140 e. The first kappa shape index (κ1) is 13.0. The van der Waals surface area contributed by atoms with Crippen LogP contribution in [-0.2, 0) is 6.42 Å². The van der Waals surface area contributed by atoms with Crippen molar-refractivity contribution in [2.75, 3.05) is 11.1 Å². The van der Waals surface area contributed by atoms with Crippen LogP contribution in [0.15, 0.2) is 39.5 Å². The number of aromatic nitrogens is 1. The monoisotopic (exact) mass is 309 g/mol. The van der Waals surface area contributed by atoms with E-state index in [1.54, 1.807) is 12.5 Å². The number of rotatable bonds is 5. The summed E-state index contributed by atoms with van der Waals surface area (Å²) in [6, 6.07) is 6.05. The molecule has 18 heavy (non-hydrogen) atoms. The van der Waals surface area contributed by atoms with Gasteiger partial charge in [0.15, 0.2) is 0 Å². The molecular weight excluding hydrogens is 294 g/mol. The Balaban J connectivity index is 1.88. The predicted molar refractivity (Wildman–Crippen MR) is 76.5 cm³/mol. The van der Waals surface area contributed by atoms with Gasteiger partial charge in [-0.1, -0.05) is 0 Å². The van der Waals surface area contributed by atoms with Gasteiger partial charge in [-0.15, -0.1) is 0 Å². The molecule has 0 spiro atoms. The third-order valence-corrected chi connectivity index (χ3v) is 3.25. The van der Waals surface area contributed by atoms with Crippen LogP contribution in [0.1, 0.15) is 19.1 Å².